The molecule has 2 aliphatic rings. The summed E-state index contributed by atoms with van der Waals surface area (Å²) in [6.45, 7) is 0.480. The number of hydrogen-bond acceptors (Lipinski definition) is 5. The molecule has 0 saturated carbocycles. The van der Waals surface area contributed by atoms with Gasteiger partial charge in [0, 0.05) is 10.9 Å². The third-order valence-corrected chi connectivity index (χ3v) is 6.40. The van der Waals surface area contributed by atoms with E-state index in [1.54, 1.807) is 72.8 Å². The molecule has 0 spiro atoms. The van der Waals surface area contributed by atoms with Crippen molar-refractivity contribution in [3.05, 3.63) is 125 Å². The molecule has 6 nitrogen and oxygen atoms in total. The van der Waals surface area contributed by atoms with Gasteiger partial charge in [-0.05, 0) is 72.0 Å². The summed E-state index contributed by atoms with van der Waals surface area (Å²) in [7, 11) is 0. The Morgan fingerprint density at radius 1 is 0.811 bits per heavy atom. The highest BCUT2D eigenvalue weighted by Gasteiger charge is 2.34. The van der Waals surface area contributed by atoms with E-state index in [1.165, 1.54) is 11.6 Å². The van der Waals surface area contributed by atoms with Gasteiger partial charge in [-0.1, -0.05) is 48.6 Å². The molecule has 4 aromatic carbocycles. The molecule has 4 aromatic rings. The number of benzene rings is 4. The van der Waals surface area contributed by atoms with Crippen LogP contribution >= 0.6 is 0 Å². The van der Waals surface area contributed by atoms with E-state index >= 15 is 0 Å². The predicted octanol–water partition coefficient (Wildman–Crippen LogP) is 6.12. The maximum absolute atomic E-state index is 13.6. The highest BCUT2D eigenvalue weighted by atomic mass is 16.5. The molecule has 0 unspecified atom stereocenters. The van der Waals surface area contributed by atoms with Gasteiger partial charge in [-0.3, -0.25) is 9.59 Å². The van der Waals surface area contributed by atoms with Crippen molar-refractivity contribution in [3.63, 3.8) is 0 Å². The van der Waals surface area contributed by atoms with E-state index in [0.29, 0.717) is 45.5 Å². The normalized spacial score (nSPS) is 14.2. The van der Waals surface area contributed by atoms with Crippen molar-refractivity contribution in [1.29, 1.82) is 0 Å². The summed E-state index contributed by atoms with van der Waals surface area (Å²) < 4.78 is 11.4. The van der Waals surface area contributed by atoms with Crippen LogP contribution < -0.4 is 14.4 Å². The first-order valence-electron chi connectivity index (χ1n) is 11.9. The van der Waals surface area contributed by atoms with Crippen LogP contribution in [0.1, 0.15) is 37.5 Å². The lowest BCUT2D eigenvalue weighted by Gasteiger charge is -2.27. The van der Waals surface area contributed by atoms with Crippen molar-refractivity contribution < 1.29 is 23.9 Å². The second-order valence-electron chi connectivity index (χ2n) is 8.82. The van der Waals surface area contributed by atoms with E-state index < -0.39 is 17.8 Å². The molecule has 0 atom stereocenters. The Bertz CT molecular complexity index is 1620. The topological polar surface area (TPSA) is 72.9 Å². The maximum Gasteiger partial charge on any atom is 0.343 e. The Balaban J connectivity index is 1.31. The van der Waals surface area contributed by atoms with Crippen molar-refractivity contribution in [1.82, 2.24) is 0 Å². The highest BCUT2D eigenvalue weighted by molar-refractivity contribution is 6.36. The number of ether oxygens (including phenoxy) is 2. The largest absolute Gasteiger partial charge is 0.489 e. The lowest BCUT2D eigenvalue weighted by molar-refractivity contribution is 0.0732. The molecule has 0 N–H and O–H groups in total. The van der Waals surface area contributed by atoms with E-state index in [4.69, 9.17) is 9.47 Å². The third kappa shape index (κ3) is 4.19. The Morgan fingerprint density at radius 2 is 1.59 bits per heavy atom. The van der Waals surface area contributed by atoms with E-state index in [-0.39, 0.29) is 5.75 Å². The first-order chi connectivity index (χ1) is 18.1. The zero-order valence-corrected chi connectivity index (χ0v) is 19.7. The molecule has 6 rings (SSSR count). The lowest BCUT2D eigenvalue weighted by Crippen LogP contribution is -2.40. The molecule has 0 bridgehead atoms. The van der Waals surface area contributed by atoms with Crippen LogP contribution in [0.5, 0.6) is 11.5 Å². The molecule has 0 aromatic heterocycles. The van der Waals surface area contributed by atoms with Gasteiger partial charge >= 0.3 is 5.97 Å². The molecule has 180 valence electrons. The molecule has 0 saturated heterocycles. The number of carbonyl (C=O) groups is 3. The van der Waals surface area contributed by atoms with Crippen LogP contribution in [0.15, 0.2) is 109 Å². The molecule has 1 heterocycles. The van der Waals surface area contributed by atoms with Gasteiger partial charge in [0.25, 0.3) is 11.8 Å². The molecule has 6 heteroatoms. The zero-order valence-electron chi connectivity index (χ0n) is 19.7. The zero-order chi connectivity index (χ0) is 25.4. The minimum atomic E-state index is -0.528. The number of anilines is 1. The number of carbonyl (C=O) groups excluding carboxylic acids is 3. The summed E-state index contributed by atoms with van der Waals surface area (Å²) in [6, 6.07) is 23.9. The minimum Gasteiger partial charge on any atom is -0.489 e. The fourth-order valence-electron chi connectivity index (χ4n) is 4.58. The van der Waals surface area contributed by atoms with E-state index in [9.17, 15) is 14.4 Å². The fraction of sp³-hybridized carbons (Fsp3) is 0.0645. The molecule has 0 fully saturated rings. The summed E-state index contributed by atoms with van der Waals surface area (Å²) in [5, 5.41) is 1.19. The fourth-order valence-corrected chi connectivity index (χ4v) is 4.58. The molecule has 1 aliphatic carbocycles. The van der Waals surface area contributed by atoms with Crippen LogP contribution in [0, 0.1) is 0 Å². The number of esters is 1. The van der Waals surface area contributed by atoms with Crippen molar-refractivity contribution >= 4 is 34.2 Å². The number of hydrogen-bond donors (Lipinski definition) is 0. The second kappa shape index (κ2) is 9.24. The third-order valence-electron chi connectivity index (χ3n) is 6.40. The van der Waals surface area contributed by atoms with Gasteiger partial charge in [0.1, 0.15) is 18.1 Å². The summed E-state index contributed by atoms with van der Waals surface area (Å²) in [4.78, 5) is 40.8. The minimum absolute atomic E-state index is 0.232. The van der Waals surface area contributed by atoms with Gasteiger partial charge in [-0.2, -0.15) is 0 Å². The second-order valence-corrected chi connectivity index (χ2v) is 8.82. The van der Waals surface area contributed by atoms with E-state index in [0.717, 1.165) is 11.3 Å². The molecule has 2 amide bonds. The van der Waals surface area contributed by atoms with Crippen molar-refractivity contribution in [2.45, 2.75) is 6.42 Å². The first kappa shape index (κ1) is 22.5. The molecule has 0 radical (unpaired) electrons. The number of imide groups is 1. The lowest BCUT2D eigenvalue weighted by atomic mass is 9.93. The van der Waals surface area contributed by atoms with Crippen LogP contribution in [0.4, 0.5) is 5.69 Å². The summed E-state index contributed by atoms with van der Waals surface area (Å²) >= 11 is 0. The van der Waals surface area contributed by atoms with Crippen molar-refractivity contribution in [3.8, 4) is 11.5 Å². The Morgan fingerprint density at radius 3 is 2.35 bits per heavy atom. The number of nitrogens with zero attached hydrogens (tertiary/aromatic N) is 1. The van der Waals surface area contributed by atoms with Crippen LogP contribution in [-0.4, -0.2) is 24.4 Å². The van der Waals surface area contributed by atoms with Crippen molar-refractivity contribution in [2.24, 2.45) is 0 Å². The quantitative estimate of drug-likeness (QED) is 0.186. The average molecular weight is 488 g/mol. The highest BCUT2D eigenvalue weighted by Crippen LogP contribution is 2.36. The summed E-state index contributed by atoms with van der Waals surface area (Å²) in [5.41, 5.74) is 2.71. The Kier molecular flexibility index (Phi) is 5.62. The standard InChI is InChI=1S/C31H21NO5/c33-29-26-12-6-11-22-17-25(37-31(35)21-9-2-1-3-10-21)18-27(28(22)26)30(34)32(29)23-13-15-24(16-14-23)36-19-20-7-4-5-8-20/h1-7,9-18H,8,19H2. The average Bonchev–Trinajstić information content (AvgIpc) is 3.45. The van der Waals surface area contributed by atoms with Crippen LogP contribution in [0.2, 0.25) is 0 Å². The molecular formula is C31H21NO5. The molecular weight excluding hydrogens is 466 g/mol. The smallest absolute Gasteiger partial charge is 0.343 e. The van der Waals surface area contributed by atoms with Gasteiger partial charge in [0.05, 0.1) is 16.8 Å². The monoisotopic (exact) mass is 487 g/mol. The number of allylic oxidation sites excluding steroid dienone is 3. The van der Waals surface area contributed by atoms with Crippen LogP contribution in [0.25, 0.3) is 10.8 Å². The first-order valence-corrected chi connectivity index (χ1v) is 11.9. The van der Waals surface area contributed by atoms with E-state index in [2.05, 4.69) is 6.08 Å². The van der Waals surface area contributed by atoms with Gasteiger partial charge in [-0.25, -0.2) is 9.69 Å². The van der Waals surface area contributed by atoms with Gasteiger partial charge in [0.15, 0.2) is 0 Å². The summed E-state index contributed by atoms with van der Waals surface area (Å²) in [5.74, 6) is -0.545. The molecule has 1 aliphatic heterocycles. The Hall–Kier alpha value is -4.97. The van der Waals surface area contributed by atoms with Crippen LogP contribution in [-0.2, 0) is 0 Å². The Labute approximate surface area is 213 Å². The van der Waals surface area contributed by atoms with Crippen LogP contribution in [0.3, 0.4) is 0 Å². The maximum atomic E-state index is 13.6. The van der Waals surface area contributed by atoms with Crippen molar-refractivity contribution in [2.75, 3.05) is 11.5 Å². The van der Waals surface area contributed by atoms with Gasteiger partial charge in [0.2, 0.25) is 0 Å². The van der Waals surface area contributed by atoms with E-state index in [1.807, 2.05) is 18.2 Å². The van der Waals surface area contributed by atoms with Gasteiger partial charge < -0.3 is 9.47 Å². The molecule has 37 heavy (non-hydrogen) atoms. The predicted molar refractivity (Wildman–Crippen MR) is 140 cm³/mol. The number of rotatable bonds is 6. The SMILES string of the molecule is O=C(Oc1cc2c3c(cccc3c1)C(=O)N(c1ccc(OCC3=CC=CC3)cc1)C2=O)c1ccccc1. The van der Waals surface area contributed by atoms with Gasteiger partial charge in [-0.15, -0.1) is 0 Å². The number of amides is 2. The summed E-state index contributed by atoms with van der Waals surface area (Å²) in [6.07, 6.45) is 6.98.